The van der Waals surface area contributed by atoms with Crippen LogP contribution in [-0.2, 0) is 11.2 Å². The minimum absolute atomic E-state index is 0.0541. The number of furan rings is 1. The number of carbonyl (C=O) groups is 1. The van der Waals surface area contributed by atoms with Gasteiger partial charge in [-0.25, -0.2) is 0 Å². The molecular formula is C17H22N6O3. The maximum absolute atomic E-state index is 12.2. The van der Waals surface area contributed by atoms with E-state index in [-0.39, 0.29) is 18.0 Å². The van der Waals surface area contributed by atoms with Crippen LogP contribution in [0.1, 0.15) is 57.4 Å². The third-order valence-electron chi connectivity index (χ3n) is 3.93. The lowest BCUT2D eigenvalue weighted by atomic mass is 10.2. The number of nitrogens with one attached hydrogen (secondary N) is 1. The lowest BCUT2D eigenvalue weighted by molar-refractivity contribution is -0.121. The van der Waals surface area contributed by atoms with E-state index in [1.54, 1.807) is 24.7 Å². The van der Waals surface area contributed by atoms with Crippen LogP contribution in [0.2, 0.25) is 0 Å². The van der Waals surface area contributed by atoms with Crippen molar-refractivity contribution in [1.29, 1.82) is 0 Å². The molecule has 0 bridgehead atoms. The van der Waals surface area contributed by atoms with E-state index in [2.05, 4.69) is 25.7 Å². The summed E-state index contributed by atoms with van der Waals surface area (Å²) in [6, 6.07) is 3.55. The SMILES string of the molecule is CC(C)n1cnnc1[C@H](C)NC(=O)CCCc1nc(-c2ccco2)no1. The summed E-state index contributed by atoms with van der Waals surface area (Å²) in [5.41, 5.74) is 0. The molecular weight excluding hydrogens is 336 g/mol. The Bertz CT molecular complexity index is 836. The molecule has 1 N–H and O–H groups in total. The number of carbonyl (C=O) groups excluding carboxylic acids is 1. The first-order valence-electron chi connectivity index (χ1n) is 8.60. The smallest absolute Gasteiger partial charge is 0.238 e. The molecule has 3 aromatic heterocycles. The van der Waals surface area contributed by atoms with Crippen LogP contribution < -0.4 is 5.32 Å². The Labute approximate surface area is 150 Å². The van der Waals surface area contributed by atoms with Crippen molar-refractivity contribution in [2.24, 2.45) is 0 Å². The van der Waals surface area contributed by atoms with E-state index >= 15 is 0 Å². The first-order chi connectivity index (χ1) is 12.5. The summed E-state index contributed by atoms with van der Waals surface area (Å²) in [6.45, 7) is 5.99. The molecule has 9 nitrogen and oxygen atoms in total. The summed E-state index contributed by atoms with van der Waals surface area (Å²) in [5.74, 6) is 2.14. The molecule has 1 atom stereocenters. The van der Waals surface area contributed by atoms with Crippen LogP contribution in [0.4, 0.5) is 0 Å². The first-order valence-corrected chi connectivity index (χ1v) is 8.60. The fourth-order valence-electron chi connectivity index (χ4n) is 2.60. The van der Waals surface area contributed by atoms with Gasteiger partial charge in [-0.05, 0) is 39.3 Å². The van der Waals surface area contributed by atoms with Crippen molar-refractivity contribution in [3.8, 4) is 11.6 Å². The third kappa shape index (κ3) is 4.16. The predicted molar refractivity (Wildman–Crippen MR) is 91.9 cm³/mol. The third-order valence-corrected chi connectivity index (χ3v) is 3.93. The fourth-order valence-corrected chi connectivity index (χ4v) is 2.60. The molecule has 138 valence electrons. The maximum atomic E-state index is 12.2. The summed E-state index contributed by atoms with van der Waals surface area (Å²) in [5, 5.41) is 14.8. The van der Waals surface area contributed by atoms with Crippen LogP contribution in [0.3, 0.4) is 0 Å². The van der Waals surface area contributed by atoms with Crippen molar-refractivity contribution in [1.82, 2.24) is 30.2 Å². The number of aromatic nitrogens is 5. The topological polar surface area (TPSA) is 112 Å². The fraction of sp³-hybridized carbons (Fsp3) is 0.471. The summed E-state index contributed by atoms with van der Waals surface area (Å²) in [4.78, 5) is 16.4. The molecule has 0 saturated heterocycles. The molecule has 9 heteroatoms. The molecule has 0 radical (unpaired) electrons. The highest BCUT2D eigenvalue weighted by molar-refractivity contribution is 5.76. The lowest BCUT2D eigenvalue weighted by Gasteiger charge is -2.16. The second-order valence-corrected chi connectivity index (χ2v) is 6.32. The Hall–Kier alpha value is -2.97. The normalized spacial score (nSPS) is 12.5. The summed E-state index contributed by atoms with van der Waals surface area (Å²) in [7, 11) is 0. The van der Waals surface area contributed by atoms with Crippen molar-refractivity contribution < 1.29 is 13.7 Å². The quantitative estimate of drug-likeness (QED) is 0.659. The number of hydrogen-bond acceptors (Lipinski definition) is 7. The number of hydrogen-bond donors (Lipinski definition) is 1. The van der Waals surface area contributed by atoms with Gasteiger partial charge in [-0.3, -0.25) is 4.79 Å². The monoisotopic (exact) mass is 358 g/mol. The summed E-state index contributed by atoms with van der Waals surface area (Å²) < 4.78 is 12.3. The zero-order valence-electron chi connectivity index (χ0n) is 15.0. The molecule has 0 unspecified atom stereocenters. The Kier molecular flexibility index (Phi) is 5.45. The zero-order chi connectivity index (χ0) is 18.5. The van der Waals surface area contributed by atoms with Gasteiger partial charge in [-0.15, -0.1) is 10.2 Å². The van der Waals surface area contributed by atoms with Gasteiger partial charge in [0.1, 0.15) is 6.33 Å². The minimum Gasteiger partial charge on any atom is -0.461 e. The molecule has 1 amide bonds. The van der Waals surface area contributed by atoms with Crippen molar-refractivity contribution >= 4 is 5.91 Å². The molecule has 0 saturated carbocycles. The summed E-state index contributed by atoms with van der Waals surface area (Å²) in [6.07, 6.45) is 4.72. The van der Waals surface area contributed by atoms with Gasteiger partial charge in [-0.2, -0.15) is 4.98 Å². The van der Waals surface area contributed by atoms with Crippen LogP contribution in [0, 0.1) is 0 Å². The molecule has 3 aromatic rings. The highest BCUT2D eigenvalue weighted by Gasteiger charge is 2.17. The highest BCUT2D eigenvalue weighted by Crippen LogP contribution is 2.17. The van der Waals surface area contributed by atoms with E-state index < -0.39 is 0 Å². The van der Waals surface area contributed by atoms with Crippen LogP contribution in [-0.4, -0.2) is 30.8 Å². The number of aryl methyl sites for hydroxylation is 1. The standard InChI is InChI=1S/C17H22N6O3/c1-11(2)23-10-18-21-17(23)12(3)19-14(24)7-4-8-15-20-16(22-26-15)13-6-5-9-25-13/h5-6,9-12H,4,7-8H2,1-3H3,(H,19,24)/t12-/m0/s1. The Morgan fingerprint density at radius 3 is 2.92 bits per heavy atom. The Morgan fingerprint density at radius 2 is 2.19 bits per heavy atom. The van der Waals surface area contributed by atoms with Gasteiger partial charge in [0.2, 0.25) is 17.6 Å². The van der Waals surface area contributed by atoms with E-state index in [0.717, 1.165) is 5.82 Å². The van der Waals surface area contributed by atoms with Gasteiger partial charge in [0, 0.05) is 18.9 Å². The van der Waals surface area contributed by atoms with Crippen LogP contribution >= 0.6 is 0 Å². The van der Waals surface area contributed by atoms with Gasteiger partial charge < -0.3 is 18.8 Å². The van der Waals surface area contributed by atoms with E-state index in [1.165, 1.54) is 0 Å². The van der Waals surface area contributed by atoms with Crippen LogP contribution in [0.25, 0.3) is 11.6 Å². The van der Waals surface area contributed by atoms with Crippen molar-refractivity contribution in [3.05, 3.63) is 36.4 Å². The summed E-state index contributed by atoms with van der Waals surface area (Å²) >= 11 is 0. The molecule has 3 heterocycles. The molecule has 26 heavy (non-hydrogen) atoms. The lowest BCUT2D eigenvalue weighted by Crippen LogP contribution is -2.28. The predicted octanol–water partition coefficient (Wildman–Crippen LogP) is 2.70. The van der Waals surface area contributed by atoms with Crippen molar-refractivity contribution in [3.63, 3.8) is 0 Å². The molecule has 0 aliphatic heterocycles. The van der Waals surface area contributed by atoms with Crippen molar-refractivity contribution in [2.45, 2.75) is 52.1 Å². The number of rotatable bonds is 8. The van der Waals surface area contributed by atoms with Gasteiger partial charge in [0.25, 0.3) is 0 Å². The Morgan fingerprint density at radius 1 is 1.35 bits per heavy atom. The number of nitrogens with zero attached hydrogens (tertiary/aromatic N) is 5. The average molecular weight is 358 g/mol. The van der Waals surface area contributed by atoms with E-state index in [0.29, 0.717) is 36.7 Å². The Balaban J connectivity index is 1.46. The average Bonchev–Trinajstić information content (AvgIpc) is 3.34. The first kappa shape index (κ1) is 17.8. The maximum Gasteiger partial charge on any atom is 0.238 e. The zero-order valence-corrected chi connectivity index (χ0v) is 15.0. The molecule has 0 aromatic carbocycles. The van der Waals surface area contributed by atoms with Crippen LogP contribution in [0.15, 0.2) is 33.7 Å². The van der Waals surface area contributed by atoms with Gasteiger partial charge in [0.05, 0.1) is 12.3 Å². The molecule has 0 spiro atoms. The second kappa shape index (κ2) is 7.94. The minimum atomic E-state index is -0.207. The van der Waals surface area contributed by atoms with Gasteiger partial charge in [-0.1, -0.05) is 5.16 Å². The molecule has 0 aliphatic rings. The van der Waals surface area contributed by atoms with Gasteiger partial charge in [0.15, 0.2) is 11.6 Å². The molecule has 3 rings (SSSR count). The highest BCUT2D eigenvalue weighted by atomic mass is 16.5. The largest absolute Gasteiger partial charge is 0.461 e. The molecule has 0 aliphatic carbocycles. The number of amides is 1. The van der Waals surface area contributed by atoms with E-state index in [9.17, 15) is 4.79 Å². The van der Waals surface area contributed by atoms with Crippen molar-refractivity contribution in [2.75, 3.05) is 0 Å². The van der Waals surface area contributed by atoms with Crippen LogP contribution in [0.5, 0.6) is 0 Å². The van der Waals surface area contributed by atoms with E-state index in [4.69, 9.17) is 8.94 Å². The van der Waals surface area contributed by atoms with E-state index in [1.807, 2.05) is 25.3 Å². The second-order valence-electron chi connectivity index (χ2n) is 6.32. The molecule has 0 fully saturated rings. The van der Waals surface area contributed by atoms with Gasteiger partial charge >= 0.3 is 0 Å².